The van der Waals surface area contributed by atoms with Crippen LogP contribution in [0.3, 0.4) is 0 Å². The highest BCUT2D eigenvalue weighted by Crippen LogP contribution is 2.34. The number of nitrogens with one attached hydrogen (secondary N) is 1. The van der Waals surface area contributed by atoms with E-state index in [2.05, 4.69) is 17.1 Å². The normalized spacial score (nSPS) is 15.0. The number of carbonyl (C=O) groups is 2. The van der Waals surface area contributed by atoms with Gasteiger partial charge in [-0.05, 0) is 43.9 Å². The van der Waals surface area contributed by atoms with E-state index in [4.69, 9.17) is 9.72 Å². The molecule has 1 saturated heterocycles. The Morgan fingerprint density at radius 2 is 2.00 bits per heavy atom. The van der Waals surface area contributed by atoms with Gasteiger partial charge in [-0.2, -0.15) is 0 Å². The third kappa shape index (κ3) is 3.74. The Kier molecular flexibility index (Phi) is 5.90. The molecule has 158 valence electrons. The highest BCUT2D eigenvalue weighted by molar-refractivity contribution is 7.18. The van der Waals surface area contributed by atoms with Gasteiger partial charge in [0.2, 0.25) is 0 Å². The number of para-hydroxylation sites is 1. The number of benzene rings is 1. The van der Waals surface area contributed by atoms with Crippen LogP contribution in [0.5, 0.6) is 0 Å². The molecule has 6 nitrogen and oxygen atoms in total. The molecule has 30 heavy (non-hydrogen) atoms. The van der Waals surface area contributed by atoms with E-state index in [0.717, 1.165) is 30.3 Å². The lowest BCUT2D eigenvalue weighted by molar-refractivity contribution is 0.0599. The number of likely N-dealkylation sites (tertiary alicyclic amines) is 1. The van der Waals surface area contributed by atoms with E-state index in [1.165, 1.54) is 16.8 Å². The molecule has 0 bridgehead atoms. The molecule has 0 spiro atoms. The number of aromatic amines is 1. The van der Waals surface area contributed by atoms with Crippen molar-refractivity contribution in [3.63, 3.8) is 0 Å². The predicted octanol–water partition coefficient (Wildman–Crippen LogP) is 4.69. The Morgan fingerprint density at radius 1 is 1.27 bits per heavy atom. The van der Waals surface area contributed by atoms with Crippen molar-refractivity contribution in [2.45, 2.75) is 45.4 Å². The molecule has 0 radical (unpaired) electrons. The van der Waals surface area contributed by atoms with Crippen LogP contribution in [0.25, 0.3) is 10.2 Å². The molecule has 0 aliphatic carbocycles. The molecule has 1 N–H and O–H groups in total. The fraction of sp³-hybridized carbons (Fsp3) is 0.435. The van der Waals surface area contributed by atoms with Gasteiger partial charge in [0.1, 0.15) is 5.69 Å². The molecule has 1 fully saturated rings. The maximum atomic E-state index is 13.3. The lowest BCUT2D eigenvalue weighted by Gasteiger charge is -2.31. The zero-order valence-corrected chi connectivity index (χ0v) is 18.5. The summed E-state index contributed by atoms with van der Waals surface area (Å²) >= 11 is 1.76. The number of thiazole rings is 1. The molecule has 1 aromatic carbocycles. The second-order valence-corrected chi connectivity index (χ2v) is 8.87. The highest BCUT2D eigenvalue weighted by atomic mass is 32.1. The van der Waals surface area contributed by atoms with E-state index in [0.29, 0.717) is 42.4 Å². The SMILES string of the molecule is CCCc1c(C(=O)N2CCC(c3nc4ccccc4s3)CC2)[nH]c(C)c1C(=O)OC. The van der Waals surface area contributed by atoms with Crippen molar-refractivity contribution >= 4 is 33.4 Å². The van der Waals surface area contributed by atoms with E-state index in [-0.39, 0.29) is 11.9 Å². The molecule has 1 aliphatic rings. The Bertz CT molecular complexity index is 1040. The van der Waals surface area contributed by atoms with E-state index in [1.807, 2.05) is 30.9 Å². The first-order chi connectivity index (χ1) is 14.5. The maximum Gasteiger partial charge on any atom is 0.339 e. The van der Waals surface area contributed by atoms with Gasteiger partial charge < -0.3 is 14.6 Å². The Labute approximate surface area is 180 Å². The van der Waals surface area contributed by atoms with Crippen molar-refractivity contribution in [1.82, 2.24) is 14.9 Å². The highest BCUT2D eigenvalue weighted by Gasteiger charge is 2.31. The first kappa shape index (κ1) is 20.6. The number of methoxy groups -OCH3 is 1. The average Bonchev–Trinajstić information content (AvgIpc) is 3.34. The minimum absolute atomic E-state index is 0.0283. The summed E-state index contributed by atoms with van der Waals surface area (Å²) in [5.74, 6) is -0.0298. The van der Waals surface area contributed by atoms with Crippen LogP contribution < -0.4 is 0 Å². The van der Waals surface area contributed by atoms with Crippen LogP contribution in [0, 0.1) is 6.92 Å². The zero-order valence-electron chi connectivity index (χ0n) is 17.7. The Hall–Kier alpha value is -2.67. The third-order valence-corrected chi connectivity index (χ3v) is 7.04. The smallest absolute Gasteiger partial charge is 0.339 e. The average molecular weight is 426 g/mol. The van der Waals surface area contributed by atoms with Gasteiger partial charge in [-0.1, -0.05) is 25.5 Å². The second-order valence-electron chi connectivity index (χ2n) is 7.81. The zero-order chi connectivity index (χ0) is 21.3. The maximum absolute atomic E-state index is 13.3. The summed E-state index contributed by atoms with van der Waals surface area (Å²) < 4.78 is 6.16. The Balaban J connectivity index is 1.51. The van der Waals surface area contributed by atoms with Gasteiger partial charge in [0.25, 0.3) is 5.91 Å². The van der Waals surface area contributed by atoms with Crippen LogP contribution in [0.1, 0.15) is 69.2 Å². The van der Waals surface area contributed by atoms with Crippen molar-refractivity contribution in [3.05, 3.63) is 51.8 Å². The number of ether oxygens (including phenoxy) is 1. The topological polar surface area (TPSA) is 75.3 Å². The number of aromatic nitrogens is 2. The minimum atomic E-state index is -0.388. The molecule has 3 heterocycles. The number of esters is 1. The standard InChI is InChI=1S/C23H27N3O3S/c1-4-7-16-19(23(28)29-3)14(2)24-20(16)22(27)26-12-10-15(11-13-26)21-25-17-8-5-6-9-18(17)30-21/h5-6,8-9,15,24H,4,7,10-13H2,1-3H3. The molecule has 2 aromatic heterocycles. The van der Waals surface area contributed by atoms with Crippen LogP contribution in [0.2, 0.25) is 0 Å². The molecule has 1 aliphatic heterocycles. The number of fused-ring (bicyclic) bond motifs is 1. The van der Waals surface area contributed by atoms with E-state index < -0.39 is 0 Å². The molecular formula is C23H27N3O3S. The van der Waals surface area contributed by atoms with Crippen molar-refractivity contribution in [3.8, 4) is 0 Å². The number of hydrogen-bond acceptors (Lipinski definition) is 5. The fourth-order valence-electron chi connectivity index (χ4n) is 4.29. The third-order valence-electron chi connectivity index (χ3n) is 5.84. The number of aryl methyl sites for hydroxylation is 1. The van der Waals surface area contributed by atoms with E-state index in [1.54, 1.807) is 11.3 Å². The van der Waals surface area contributed by atoms with Crippen LogP contribution in [-0.2, 0) is 11.2 Å². The molecule has 4 rings (SSSR count). The van der Waals surface area contributed by atoms with Crippen molar-refractivity contribution < 1.29 is 14.3 Å². The van der Waals surface area contributed by atoms with Gasteiger partial charge in [-0.15, -0.1) is 11.3 Å². The lowest BCUT2D eigenvalue weighted by atomic mass is 9.96. The monoisotopic (exact) mass is 425 g/mol. The van der Waals surface area contributed by atoms with Gasteiger partial charge >= 0.3 is 5.97 Å². The van der Waals surface area contributed by atoms with Crippen molar-refractivity contribution in [2.24, 2.45) is 0 Å². The molecule has 7 heteroatoms. The first-order valence-corrected chi connectivity index (χ1v) is 11.3. The summed E-state index contributed by atoms with van der Waals surface area (Å²) in [5.41, 5.74) is 3.57. The largest absolute Gasteiger partial charge is 0.465 e. The number of nitrogens with zero attached hydrogens (tertiary/aromatic N) is 2. The van der Waals surface area contributed by atoms with Gasteiger partial charge in [0.15, 0.2) is 0 Å². The minimum Gasteiger partial charge on any atom is -0.465 e. The number of H-pyrrole nitrogens is 1. The summed E-state index contributed by atoms with van der Waals surface area (Å²) in [4.78, 5) is 35.4. The fourth-order valence-corrected chi connectivity index (χ4v) is 5.43. The number of amides is 1. The van der Waals surface area contributed by atoms with Crippen molar-refractivity contribution in [1.29, 1.82) is 0 Å². The summed E-state index contributed by atoms with van der Waals surface area (Å²) in [5, 5.41) is 1.17. The summed E-state index contributed by atoms with van der Waals surface area (Å²) in [6, 6.07) is 8.22. The molecular weight excluding hydrogens is 398 g/mol. The van der Waals surface area contributed by atoms with E-state index >= 15 is 0 Å². The summed E-state index contributed by atoms with van der Waals surface area (Å²) in [6.45, 7) is 5.25. The second kappa shape index (κ2) is 8.60. The molecule has 3 aromatic rings. The van der Waals surface area contributed by atoms with Crippen LogP contribution >= 0.6 is 11.3 Å². The summed E-state index contributed by atoms with van der Waals surface area (Å²) in [7, 11) is 1.37. The van der Waals surface area contributed by atoms with Gasteiger partial charge in [0.05, 0.1) is 27.9 Å². The van der Waals surface area contributed by atoms with Crippen LogP contribution in [0.4, 0.5) is 0 Å². The number of carbonyl (C=O) groups excluding carboxylic acids is 2. The number of piperidine rings is 1. The molecule has 0 atom stereocenters. The molecule has 1 amide bonds. The van der Waals surface area contributed by atoms with Crippen LogP contribution in [0.15, 0.2) is 24.3 Å². The van der Waals surface area contributed by atoms with Crippen LogP contribution in [-0.4, -0.2) is 46.9 Å². The van der Waals surface area contributed by atoms with E-state index in [9.17, 15) is 9.59 Å². The van der Waals surface area contributed by atoms with Gasteiger partial charge in [-0.25, -0.2) is 9.78 Å². The lowest BCUT2D eigenvalue weighted by Crippen LogP contribution is -2.38. The van der Waals surface area contributed by atoms with Crippen molar-refractivity contribution in [2.75, 3.05) is 20.2 Å². The number of rotatable bonds is 5. The Morgan fingerprint density at radius 3 is 2.67 bits per heavy atom. The first-order valence-electron chi connectivity index (χ1n) is 10.5. The molecule has 0 saturated carbocycles. The van der Waals surface area contributed by atoms with Gasteiger partial charge in [-0.3, -0.25) is 4.79 Å². The molecule has 0 unspecified atom stereocenters. The summed E-state index contributed by atoms with van der Waals surface area (Å²) in [6.07, 6.45) is 3.32. The quantitative estimate of drug-likeness (QED) is 0.602. The number of hydrogen-bond donors (Lipinski definition) is 1. The predicted molar refractivity (Wildman–Crippen MR) is 118 cm³/mol. The van der Waals surface area contributed by atoms with Gasteiger partial charge in [0, 0.05) is 24.7 Å².